The van der Waals surface area contributed by atoms with Gasteiger partial charge in [0.15, 0.2) is 5.78 Å². The molecule has 0 amide bonds. The Balaban J connectivity index is 2.13. The third kappa shape index (κ3) is 1.95. The number of ketones is 1. The van der Waals surface area contributed by atoms with Crippen molar-refractivity contribution in [3.8, 4) is 0 Å². The Morgan fingerprint density at radius 1 is 1.67 bits per heavy atom. The maximum absolute atomic E-state index is 12.1. The summed E-state index contributed by atoms with van der Waals surface area (Å²) >= 11 is 0. The van der Waals surface area contributed by atoms with E-state index >= 15 is 0 Å². The first kappa shape index (κ1) is 10.4. The molecular formula is C11H17N3O. The number of aryl methyl sites for hydroxylation is 1. The van der Waals surface area contributed by atoms with Crippen molar-refractivity contribution in [1.82, 2.24) is 9.78 Å². The number of aromatic nitrogens is 2. The van der Waals surface area contributed by atoms with Crippen LogP contribution in [0.4, 0.5) is 0 Å². The Morgan fingerprint density at radius 3 is 3.00 bits per heavy atom. The molecule has 2 atom stereocenters. The fraction of sp³-hybridized carbons (Fsp3) is 0.636. The zero-order valence-electron chi connectivity index (χ0n) is 9.02. The predicted molar refractivity (Wildman–Crippen MR) is 57.5 cm³/mol. The third-order valence-corrected chi connectivity index (χ3v) is 3.15. The van der Waals surface area contributed by atoms with Crippen LogP contribution in [0, 0.1) is 5.92 Å². The molecule has 1 saturated carbocycles. The van der Waals surface area contributed by atoms with Gasteiger partial charge in [0.2, 0.25) is 0 Å². The van der Waals surface area contributed by atoms with Crippen molar-refractivity contribution in [1.29, 1.82) is 0 Å². The average Bonchev–Trinajstić information content (AvgIpc) is 2.84. The van der Waals surface area contributed by atoms with E-state index in [0.29, 0.717) is 5.56 Å². The van der Waals surface area contributed by atoms with Gasteiger partial charge in [-0.3, -0.25) is 9.48 Å². The van der Waals surface area contributed by atoms with Crippen molar-refractivity contribution in [3.05, 3.63) is 18.0 Å². The van der Waals surface area contributed by atoms with Crippen molar-refractivity contribution in [2.45, 2.75) is 38.8 Å². The van der Waals surface area contributed by atoms with E-state index in [-0.39, 0.29) is 17.7 Å². The Hall–Kier alpha value is -1.16. The molecule has 15 heavy (non-hydrogen) atoms. The summed E-state index contributed by atoms with van der Waals surface area (Å²) in [5.74, 6) is 0.180. The van der Waals surface area contributed by atoms with Gasteiger partial charge in [0.25, 0.3) is 0 Å². The number of carbonyl (C=O) groups excluding carboxylic acids is 1. The molecule has 0 saturated heterocycles. The predicted octanol–water partition coefficient (Wildman–Crippen LogP) is 1.21. The van der Waals surface area contributed by atoms with E-state index in [9.17, 15) is 4.79 Å². The van der Waals surface area contributed by atoms with Crippen LogP contribution in [-0.4, -0.2) is 21.6 Å². The second-order valence-electron chi connectivity index (χ2n) is 4.15. The molecule has 2 N–H and O–H groups in total. The Labute approximate surface area is 89.5 Å². The third-order valence-electron chi connectivity index (χ3n) is 3.15. The zero-order valence-corrected chi connectivity index (χ0v) is 9.02. The summed E-state index contributed by atoms with van der Waals surface area (Å²) in [6, 6.07) is 0.0440. The van der Waals surface area contributed by atoms with Crippen LogP contribution in [0.2, 0.25) is 0 Å². The highest BCUT2D eigenvalue weighted by molar-refractivity contribution is 5.98. The number of hydrogen-bond acceptors (Lipinski definition) is 3. The molecule has 1 aliphatic rings. The van der Waals surface area contributed by atoms with Crippen molar-refractivity contribution in [2.75, 3.05) is 0 Å². The molecule has 2 unspecified atom stereocenters. The van der Waals surface area contributed by atoms with E-state index in [1.807, 2.05) is 13.1 Å². The number of Topliss-reactive ketones (excluding diaryl/α,β-unsaturated/α-hetero) is 1. The van der Waals surface area contributed by atoms with Crippen molar-refractivity contribution in [3.63, 3.8) is 0 Å². The lowest BCUT2D eigenvalue weighted by Crippen LogP contribution is -2.30. The standard InChI is InChI=1S/C11H17N3O/c1-2-14-7-8(6-13-14)11(15)9-4-3-5-10(9)12/h6-7,9-10H,2-5,12H2,1H3. The molecule has 1 aliphatic carbocycles. The van der Waals surface area contributed by atoms with Gasteiger partial charge >= 0.3 is 0 Å². The van der Waals surface area contributed by atoms with Gasteiger partial charge in [0.1, 0.15) is 0 Å². The molecule has 1 aromatic heterocycles. The molecule has 4 heteroatoms. The average molecular weight is 207 g/mol. The van der Waals surface area contributed by atoms with Crippen molar-refractivity contribution >= 4 is 5.78 Å². The summed E-state index contributed by atoms with van der Waals surface area (Å²) in [7, 11) is 0. The lowest BCUT2D eigenvalue weighted by Gasteiger charge is -2.12. The summed E-state index contributed by atoms with van der Waals surface area (Å²) in [6.07, 6.45) is 6.43. The highest BCUT2D eigenvalue weighted by Gasteiger charge is 2.31. The number of nitrogens with zero attached hydrogens (tertiary/aromatic N) is 2. The molecule has 0 radical (unpaired) electrons. The Bertz CT molecular complexity index is 358. The minimum atomic E-state index is 0.0134. The topological polar surface area (TPSA) is 60.9 Å². The maximum Gasteiger partial charge on any atom is 0.170 e. The van der Waals surface area contributed by atoms with Gasteiger partial charge in [-0.2, -0.15) is 5.10 Å². The smallest absolute Gasteiger partial charge is 0.170 e. The summed E-state index contributed by atoms with van der Waals surface area (Å²) in [5, 5.41) is 4.11. The fourth-order valence-electron chi connectivity index (χ4n) is 2.19. The molecule has 82 valence electrons. The number of carbonyl (C=O) groups is 1. The molecule has 1 aromatic rings. The molecule has 0 spiro atoms. The van der Waals surface area contributed by atoms with Gasteiger partial charge in [-0.05, 0) is 19.8 Å². The van der Waals surface area contributed by atoms with Crippen LogP contribution in [0.5, 0.6) is 0 Å². The van der Waals surface area contributed by atoms with Crippen LogP contribution in [0.3, 0.4) is 0 Å². The zero-order chi connectivity index (χ0) is 10.8. The van der Waals surface area contributed by atoms with E-state index in [2.05, 4.69) is 5.10 Å². The largest absolute Gasteiger partial charge is 0.327 e. The molecule has 4 nitrogen and oxygen atoms in total. The lowest BCUT2D eigenvalue weighted by atomic mass is 9.95. The molecule has 0 aliphatic heterocycles. The maximum atomic E-state index is 12.1. The lowest BCUT2D eigenvalue weighted by molar-refractivity contribution is 0.0913. The molecular weight excluding hydrogens is 190 g/mol. The van der Waals surface area contributed by atoms with Crippen LogP contribution < -0.4 is 5.73 Å². The highest BCUT2D eigenvalue weighted by atomic mass is 16.1. The SMILES string of the molecule is CCn1cc(C(=O)C2CCCC2N)cn1. The minimum absolute atomic E-state index is 0.0134. The molecule has 0 bridgehead atoms. The van der Waals surface area contributed by atoms with Gasteiger partial charge in [0.05, 0.1) is 11.8 Å². The molecule has 0 aromatic carbocycles. The Morgan fingerprint density at radius 2 is 2.47 bits per heavy atom. The first-order valence-electron chi connectivity index (χ1n) is 5.54. The van der Waals surface area contributed by atoms with E-state index in [4.69, 9.17) is 5.73 Å². The van der Waals surface area contributed by atoms with Gasteiger partial charge in [0, 0.05) is 24.7 Å². The van der Waals surface area contributed by atoms with Gasteiger partial charge in [-0.15, -0.1) is 0 Å². The number of hydrogen-bond donors (Lipinski definition) is 1. The summed E-state index contributed by atoms with van der Waals surface area (Å²) in [6.45, 7) is 2.80. The first-order valence-corrected chi connectivity index (χ1v) is 5.54. The summed E-state index contributed by atoms with van der Waals surface area (Å²) < 4.78 is 1.77. The van der Waals surface area contributed by atoms with Crippen LogP contribution in [0.1, 0.15) is 36.5 Å². The van der Waals surface area contributed by atoms with E-state index in [1.54, 1.807) is 10.9 Å². The fourth-order valence-corrected chi connectivity index (χ4v) is 2.19. The quantitative estimate of drug-likeness (QED) is 0.758. The molecule has 1 heterocycles. The highest BCUT2D eigenvalue weighted by Crippen LogP contribution is 2.27. The summed E-state index contributed by atoms with van der Waals surface area (Å²) in [4.78, 5) is 12.1. The second kappa shape index (κ2) is 4.14. The van der Waals surface area contributed by atoms with E-state index in [1.165, 1.54) is 0 Å². The van der Waals surface area contributed by atoms with E-state index < -0.39 is 0 Å². The minimum Gasteiger partial charge on any atom is -0.327 e. The second-order valence-corrected chi connectivity index (χ2v) is 4.15. The van der Waals surface area contributed by atoms with Gasteiger partial charge in [-0.1, -0.05) is 6.42 Å². The monoisotopic (exact) mass is 207 g/mol. The van der Waals surface area contributed by atoms with E-state index in [0.717, 1.165) is 25.8 Å². The first-order chi connectivity index (χ1) is 7.22. The van der Waals surface area contributed by atoms with Crippen LogP contribution in [0.25, 0.3) is 0 Å². The van der Waals surface area contributed by atoms with Gasteiger partial charge < -0.3 is 5.73 Å². The van der Waals surface area contributed by atoms with Crippen LogP contribution >= 0.6 is 0 Å². The van der Waals surface area contributed by atoms with Crippen LogP contribution in [0.15, 0.2) is 12.4 Å². The van der Waals surface area contributed by atoms with Crippen molar-refractivity contribution < 1.29 is 4.79 Å². The molecule has 1 fully saturated rings. The normalized spacial score (nSPS) is 25.7. The summed E-state index contributed by atoms with van der Waals surface area (Å²) in [5.41, 5.74) is 6.62. The van der Waals surface area contributed by atoms with Crippen molar-refractivity contribution in [2.24, 2.45) is 11.7 Å². The van der Waals surface area contributed by atoms with Gasteiger partial charge in [-0.25, -0.2) is 0 Å². The number of nitrogens with two attached hydrogens (primary N) is 1. The molecule has 2 rings (SSSR count). The number of rotatable bonds is 3. The van der Waals surface area contributed by atoms with Crippen LogP contribution in [-0.2, 0) is 6.54 Å². The Kier molecular flexibility index (Phi) is 2.86.